The number of nitrogens with one attached hydrogen (secondary N) is 2. The van der Waals surface area contributed by atoms with Gasteiger partial charge in [-0.1, -0.05) is 49.7 Å². The molecule has 4 rings (SSSR count). The number of nitrogens with zero attached hydrogens (tertiary/aromatic N) is 2. The molecule has 1 amide bonds. The van der Waals surface area contributed by atoms with Crippen molar-refractivity contribution in [2.75, 3.05) is 0 Å². The highest BCUT2D eigenvalue weighted by Crippen LogP contribution is 2.31. The van der Waals surface area contributed by atoms with Crippen LogP contribution in [-0.2, 0) is 4.79 Å². The van der Waals surface area contributed by atoms with Gasteiger partial charge in [-0.25, -0.2) is 0 Å². The normalized spacial score (nSPS) is 21.3. The fraction of sp³-hybridized carbons (Fsp3) is 0.450. The zero-order valence-electron chi connectivity index (χ0n) is 15.6. The number of benzene rings is 1. The van der Waals surface area contributed by atoms with Crippen LogP contribution >= 0.6 is 11.8 Å². The Balaban J connectivity index is 1.42. The van der Waals surface area contributed by atoms with E-state index in [4.69, 9.17) is 4.42 Å². The van der Waals surface area contributed by atoms with Crippen molar-refractivity contribution in [3.63, 3.8) is 0 Å². The summed E-state index contributed by atoms with van der Waals surface area (Å²) in [7, 11) is 0. The fourth-order valence-corrected chi connectivity index (χ4v) is 4.34. The lowest BCUT2D eigenvalue weighted by molar-refractivity contribution is -0.121. The summed E-state index contributed by atoms with van der Waals surface area (Å²) in [6.07, 6.45) is 6.57. The molecule has 3 aromatic rings. The number of aromatic nitrogens is 3. The average molecular weight is 385 g/mol. The third kappa shape index (κ3) is 3.88. The molecular formula is C20H24N4O2S. The summed E-state index contributed by atoms with van der Waals surface area (Å²) < 4.78 is 5.81. The molecule has 0 aliphatic heterocycles. The van der Waals surface area contributed by atoms with Crippen molar-refractivity contribution in [2.24, 2.45) is 5.92 Å². The third-order valence-corrected chi connectivity index (χ3v) is 6.25. The van der Waals surface area contributed by atoms with E-state index in [0.29, 0.717) is 17.0 Å². The summed E-state index contributed by atoms with van der Waals surface area (Å²) >= 11 is 1.30. The first-order valence-corrected chi connectivity index (χ1v) is 10.4. The van der Waals surface area contributed by atoms with Gasteiger partial charge in [-0.2, -0.15) is 0 Å². The van der Waals surface area contributed by atoms with E-state index in [-0.39, 0.29) is 17.2 Å². The molecule has 1 aliphatic rings. The highest BCUT2D eigenvalue weighted by molar-refractivity contribution is 8.00. The van der Waals surface area contributed by atoms with Gasteiger partial charge >= 0.3 is 0 Å². The second-order valence-corrected chi connectivity index (χ2v) is 8.55. The predicted octanol–water partition coefficient (Wildman–Crippen LogP) is 4.39. The smallest absolute Gasteiger partial charge is 0.277 e. The molecule has 2 N–H and O–H groups in total. The molecule has 1 aliphatic carbocycles. The van der Waals surface area contributed by atoms with Crippen molar-refractivity contribution < 1.29 is 9.21 Å². The second-order valence-electron chi connectivity index (χ2n) is 7.26. The molecule has 2 heterocycles. The molecule has 0 saturated heterocycles. The third-order valence-electron chi connectivity index (χ3n) is 5.31. The molecule has 6 nitrogen and oxygen atoms in total. The van der Waals surface area contributed by atoms with Gasteiger partial charge in [0.05, 0.1) is 10.8 Å². The topological polar surface area (TPSA) is 83.8 Å². The number of carbonyl (C=O) groups is 1. The van der Waals surface area contributed by atoms with Gasteiger partial charge in [-0.15, -0.1) is 10.2 Å². The van der Waals surface area contributed by atoms with Crippen LogP contribution in [0.15, 0.2) is 40.1 Å². The summed E-state index contributed by atoms with van der Waals surface area (Å²) in [6.45, 7) is 4.09. The van der Waals surface area contributed by atoms with Crippen molar-refractivity contribution in [3.8, 4) is 11.5 Å². The maximum Gasteiger partial charge on any atom is 0.277 e. The highest BCUT2D eigenvalue weighted by atomic mass is 32.2. The van der Waals surface area contributed by atoms with Gasteiger partial charge in [0.1, 0.15) is 0 Å². The van der Waals surface area contributed by atoms with Gasteiger partial charge < -0.3 is 14.7 Å². The average Bonchev–Trinajstić information content (AvgIpc) is 3.30. The van der Waals surface area contributed by atoms with Crippen LogP contribution in [0.2, 0.25) is 0 Å². The number of hydrogen-bond acceptors (Lipinski definition) is 5. The predicted molar refractivity (Wildman–Crippen MR) is 106 cm³/mol. The van der Waals surface area contributed by atoms with Crippen LogP contribution in [0.1, 0.15) is 39.5 Å². The Hall–Kier alpha value is -2.28. The molecule has 0 bridgehead atoms. The van der Waals surface area contributed by atoms with E-state index in [1.54, 1.807) is 0 Å². The van der Waals surface area contributed by atoms with E-state index >= 15 is 0 Å². The molecular weight excluding hydrogens is 360 g/mol. The van der Waals surface area contributed by atoms with Gasteiger partial charge in [-0.05, 0) is 31.7 Å². The van der Waals surface area contributed by atoms with Crippen LogP contribution in [-0.4, -0.2) is 32.4 Å². The minimum absolute atomic E-state index is 0.0330. The summed E-state index contributed by atoms with van der Waals surface area (Å²) in [4.78, 5) is 15.8. The molecule has 1 fully saturated rings. The zero-order chi connectivity index (χ0) is 18.8. The SMILES string of the molecule is C[C@@H]1CCCC[C@@H]1NC(=O)[C@@H](C)Sc1nnc(-c2c[nH]c3ccccc23)o1. The number of aromatic amines is 1. The van der Waals surface area contributed by atoms with Crippen molar-refractivity contribution in [2.45, 2.75) is 56.0 Å². The van der Waals surface area contributed by atoms with Gasteiger partial charge in [0, 0.05) is 23.1 Å². The maximum absolute atomic E-state index is 12.5. The van der Waals surface area contributed by atoms with E-state index in [1.807, 2.05) is 37.4 Å². The van der Waals surface area contributed by atoms with Gasteiger partial charge in [0.2, 0.25) is 5.91 Å². The first-order chi connectivity index (χ1) is 13.1. The molecule has 0 unspecified atom stereocenters. The first kappa shape index (κ1) is 18.1. The Bertz CT molecular complexity index is 935. The van der Waals surface area contributed by atoms with Crippen molar-refractivity contribution in [3.05, 3.63) is 30.5 Å². The van der Waals surface area contributed by atoms with Gasteiger partial charge in [0.15, 0.2) is 0 Å². The monoisotopic (exact) mass is 384 g/mol. The number of hydrogen-bond donors (Lipinski definition) is 2. The molecule has 0 radical (unpaired) electrons. The number of amides is 1. The lowest BCUT2D eigenvalue weighted by Gasteiger charge is -2.30. The summed E-state index contributed by atoms with van der Waals surface area (Å²) in [5.74, 6) is 1.03. The van der Waals surface area contributed by atoms with Crippen LogP contribution in [0.25, 0.3) is 22.4 Å². The Morgan fingerprint density at radius 3 is 2.96 bits per heavy atom. The standard InChI is InChI=1S/C20H24N4O2S/c1-12-7-3-5-9-16(12)22-18(25)13(2)27-20-24-23-19(26-20)15-11-21-17-10-6-4-8-14(15)17/h4,6,8,10-13,16,21H,3,5,7,9H2,1-2H3,(H,22,25)/t12-,13-,16+/m1/s1. The Morgan fingerprint density at radius 1 is 1.30 bits per heavy atom. The molecule has 27 heavy (non-hydrogen) atoms. The fourth-order valence-electron chi connectivity index (χ4n) is 3.65. The minimum atomic E-state index is -0.282. The van der Waals surface area contributed by atoms with Crippen molar-refractivity contribution >= 4 is 28.6 Å². The largest absolute Gasteiger partial charge is 0.411 e. The molecule has 0 spiro atoms. The molecule has 7 heteroatoms. The van der Waals surface area contributed by atoms with E-state index in [1.165, 1.54) is 31.0 Å². The van der Waals surface area contributed by atoms with E-state index in [2.05, 4.69) is 27.4 Å². The number of para-hydroxylation sites is 1. The molecule has 2 aromatic heterocycles. The number of rotatable bonds is 5. The minimum Gasteiger partial charge on any atom is -0.411 e. The van der Waals surface area contributed by atoms with Gasteiger partial charge in [-0.3, -0.25) is 4.79 Å². The number of fused-ring (bicyclic) bond motifs is 1. The Morgan fingerprint density at radius 2 is 2.11 bits per heavy atom. The van der Waals surface area contributed by atoms with E-state index in [9.17, 15) is 4.79 Å². The zero-order valence-corrected chi connectivity index (χ0v) is 16.4. The Labute approximate surface area is 162 Å². The van der Waals surface area contributed by atoms with Crippen molar-refractivity contribution in [1.29, 1.82) is 0 Å². The lowest BCUT2D eigenvalue weighted by Crippen LogP contribution is -2.44. The molecule has 1 aromatic carbocycles. The summed E-state index contributed by atoms with van der Waals surface area (Å²) in [6, 6.07) is 8.25. The maximum atomic E-state index is 12.5. The van der Waals surface area contributed by atoms with E-state index < -0.39 is 0 Å². The molecule has 142 valence electrons. The van der Waals surface area contributed by atoms with Crippen LogP contribution in [0.5, 0.6) is 0 Å². The number of H-pyrrole nitrogens is 1. The molecule has 1 saturated carbocycles. The van der Waals surface area contributed by atoms with Crippen LogP contribution < -0.4 is 5.32 Å². The highest BCUT2D eigenvalue weighted by Gasteiger charge is 2.26. The number of carbonyl (C=O) groups excluding carboxylic acids is 1. The van der Waals surface area contributed by atoms with Crippen molar-refractivity contribution in [1.82, 2.24) is 20.5 Å². The lowest BCUT2D eigenvalue weighted by atomic mass is 9.86. The molecule has 3 atom stereocenters. The second kappa shape index (κ2) is 7.76. The first-order valence-electron chi connectivity index (χ1n) is 9.49. The van der Waals surface area contributed by atoms with Crippen LogP contribution in [0, 0.1) is 5.92 Å². The quantitative estimate of drug-likeness (QED) is 0.637. The summed E-state index contributed by atoms with van der Waals surface area (Å²) in [5, 5.41) is 12.6. The van der Waals surface area contributed by atoms with Crippen LogP contribution in [0.4, 0.5) is 0 Å². The summed E-state index contributed by atoms with van der Waals surface area (Å²) in [5.41, 5.74) is 1.90. The van der Waals surface area contributed by atoms with Crippen LogP contribution in [0.3, 0.4) is 0 Å². The van der Waals surface area contributed by atoms with E-state index in [0.717, 1.165) is 22.9 Å². The number of thioether (sulfide) groups is 1. The van der Waals surface area contributed by atoms with Gasteiger partial charge in [0.25, 0.3) is 11.1 Å². The Kier molecular flexibility index (Phi) is 5.20.